The third-order valence-corrected chi connectivity index (χ3v) is 5.34. The summed E-state index contributed by atoms with van der Waals surface area (Å²) < 4.78 is 11.1. The highest BCUT2D eigenvalue weighted by Crippen LogP contribution is 2.31. The first kappa shape index (κ1) is 20.5. The van der Waals surface area contributed by atoms with E-state index in [2.05, 4.69) is 21.4 Å². The molecule has 0 radical (unpaired) electrons. The summed E-state index contributed by atoms with van der Waals surface area (Å²) >= 11 is 0. The van der Waals surface area contributed by atoms with Crippen LogP contribution in [0.4, 0.5) is 11.7 Å². The monoisotopic (exact) mass is 420 g/mol. The van der Waals surface area contributed by atoms with Gasteiger partial charge in [-0.25, -0.2) is 4.98 Å². The molecular weight excluding hydrogens is 396 g/mol. The Balaban J connectivity index is 1.36. The lowest BCUT2D eigenvalue weighted by Gasteiger charge is -2.31. The highest BCUT2D eigenvalue weighted by atomic mass is 16.4. The molecule has 9 nitrogen and oxygen atoms in total. The molecule has 1 aliphatic rings. The number of nitrogens with one attached hydrogen (secondary N) is 1. The molecule has 0 bridgehead atoms. The number of piperidine rings is 1. The average Bonchev–Trinajstić information content (AvgIpc) is 3.47. The number of carbonyl (C=O) groups is 1. The van der Waals surface area contributed by atoms with E-state index in [4.69, 9.17) is 8.83 Å². The number of anilines is 2. The molecule has 31 heavy (non-hydrogen) atoms. The molecular formula is C22H24N6O3. The molecule has 0 unspecified atom stereocenters. The van der Waals surface area contributed by atoms with Crippen molar-refractivity contribution in [3.8, 4) is 17.7 Å². The van der Waals surface area contributed by atoms with Gasteiger partial charge in [-0.15, -0.1) is 0 Å². The van der Waals surface area contributed by atoms with Crippen LogP contribution in [-0.2, 0) is 11.3 Å². The SMILES string of the molecule is CN(C)c1ncccc1CNC(=O)C1CCN(c2oc(-c3ccco3)nc2C#N)CC1. The Bertz CT molecular complexity index is 1080. The Labute approximate surface area is 180 Å². The number of aromatic nitrogens is 2. The molecule has 1 saturated heterocycles. The number of amides is 1. The van der Waals surface area contributed by atoms with Crippen LogP contribution >= 0.6 is 0 Å². The van der Waals surface area contributed by atoms with E-state index in [1.807, 2.05) is 36.0 Å². The van der Waals surface area contributed by atoms with Crippen molar-refractivity contribution in [2.24, 2.45) is 5.92 Å². The lowest BCUT2D eigenvalue weighted by molar-refractivity contribution is -0.125. The maximum Gasteiger partial charge on any atom is 0.266 e. The highest BCUT2D eigenvalue weighted by molar-refractivity contribution is 5.79. The van der Waals surface area contributed by atoms with Gasteiger partial charge >= 0.3 is 0 Å². The van der Waals surface area contributed by atoms with Crippen LogP contribution in [0.3, 0.4) is 0 Å². The number of pyridine rings is 1. The van der Waals surface area contributed by atoms with Crippen LogP contribution in [0, 0.1) is 17.2 Å². The van der Waals surface area contributed by atoms with Crippen LogP contribution < -0.4 is 15.1 Å². The third-order valence-electron chi connectivity index (χ3n) is 5.34. The number of furan rings is 1. The van der Waals surface area contributed by atoms with E-state index < -0.39 is 0 Å². The molecule has 0 spiro atoms. The number of rotatable bonds is 6. The Morgan fingerprint density at radius 2 is 2.13 bits per heavy atom. The van der Waals surface area contributed by atoms with Gasteiger partial charge in [0, 0.05) is 51.4 Å². The lowest BCUT2D eigenvalue weighted by Crippen LogP contribution is -2.40. The van der Waals surface area contributed by atoms with E-state index in [1.165, 1.54) is 6.26 Å². The summed E-state index contributed by atoms with van der Waals surface area (Å²) in [7, 11) is 3.86. The van der Waals surface area contributed by atoms with Gasteiger partial charge < -0.3 is 24.0 Å². The number of hydrogen-bond acceptors (Lipinski definition) is 8. The van der Waals surface area contributed by atoms with Crippen molar-refractivity contribution in [2.45, 2.75) is 19.4 Å². The maximum atomic E-state index is 12.7. The van der Waals surface area contributed by atoms with Crippen LogP contribution in [0.15, 0.2) is 45.6 Å². The predicted molar refractivity (Wildman–Crippen MR) is 114 cm³/mol. The molecule has 4 rings (SSSR count). The normalized spacial score (nSPS) is 14.3. The minimum atomic E-state index is -0.0891. The van der Waals surface area contributed by atoms with Crippen molar-refractivity contribution in [1.82, 2.24) is 15.3 Å². The molecule has 1 amide bonds. The summed E-state index contributed by atoms with van der Waals surface area (Å²) in [6.07, 6.45) is 4.61. The number of nitriles is 1. The van der Waals surface area contributed by atoms with Gasteiger partial charge in [-0.05, 0) is 31.0 Å². The topological polar surface area (TPSA) is 111 Å². The van der Waals surface area contributed by atoms with E-state index in [0.29, 0.717) is 44.1 Å². The van der Waals surface area contributed by atoms with Crippen LogP contribution in [0.25, 0.3) is 11.7 Å². The van der Waals surface area contributed by atoms with E-state index in [1.54, 1.807) is 18.3 Å². The smallest absolute Gasteiger partial charge is 0.266 e. The van der Waals surface area contributed by atoms with Gasteiger partial charge in [0.25, 0.3) is 5.89 Å². The van der Waals surface area contributed by atoms with Gasteiger partial charge in [-0.2, -0.15) is 10.2 Å². The summed E-state index contributed by atoms with van der Waals surface area (Å²) in [4.78, 5) is 25.2. The quantitative estimate of drug-likeness (QED) is 0.648. The van der Waals surface area contributed by atoms with E-state index >= 15 is 0 Å². The maximum absolute atomic E-state index is 12.7. The zero-order valence-electron chi connectivity index (χ0n) is 17.5. The fourth-order valence-electron chi connectivity index (χ4n) is 3.75. The summed E-state index contributed by atoms with van der Waals surface area (Å²) in [5, 5.41) is 12.5. The number of nitrogens with zero attached hydrogens (tertiary/aromatic N) is 5. The molecule has 1 N–H and O–H groups in total. The predicted octanol–water partition coefficient (Wildman–Crippen LogP) is 2.80. The Morgan fingerprint density at radius 1 is 1.32 bits per heavy atom. The first-order valence-electron chi connectivity index (χ1n) is 10.2. The molecule has 0 aliphatic carbocycles. The van der Waals surface area contributed by atoms with Crippen molar-refractivity contribution < 1.29 is 13.6 Å². The van der Waals surface area contributed by atoms with Gasteiger partial charge in [0.15, 0.2) is 5.76 Å². The zero-order chi connectivity index (χ0) is 21.8. The van der Waals surface area contributed by atoms with Crippen molar-refractivity contribution in [3.63, 3.8) is 0 Å². The summed E-state index contributed by atoms with van der Waals surface area (Å²) in [5.41, 5.74) is 1.20. The molecule has 4 heterocycles. The van der Waals surface area contributed by atoms with E-state index in [0.717, 1.165) is 11.4 Å². The van der Waals surface area contributed by atoms with Gasteiger partial charge in [0.2, 0.25) is 17.5 Å². The van der Waals surface area contributed by atoms with Gasteiger partial charge in [0.05, 0.1) is 6.26 Å². The zero-order valence-corrected chi connectivity index (χ0v) is 17.5. The van der Waals surface area contributed by atoms with Crippen molar-refractivity contribution in [2.75, 3.05) is 37.0 Å². The second-order valence-corrected chi connectivity index (χ2v) is 7.62. The highest BCUT2D eigenvalue weighted by Gasteiger charge is 2.29. The minimum absolute atomic E-state index is 0.0301. The first-order chi connectivity index (χ1) is 15.1. The molecule has 160 valence electrons. The fraction of sp³-hybridized carbons (Fsp3) is 0.364. The Hall–Kier alpha value is -3.80. The molecule has 0 atom stereocenters. The molecule has 0 aromatic carbocycles. The van der Waals surface area contributed by atoms with Crippen LogP contribution in [-0.4, -0.2) is 43.1 Å². The molecule has 1 fully saturated rings. The van der Waals surface area contributed by atoms with E-state index in [-0.39, 0.29) is 23.4 Å². The number of oxazole rings is 1. The van der Waals surface area contributed by atoms with Gasteiger partial charge in [-0.1, -0.05) is 6.07 Å². The third kappa shape index (κ3) is 4.38. The lowest BCUT2D eigenvalue weighted by atomic mass is 9.96. The van der Waals surface area contributed by atoms with Crippen LogP contribution in [0.2, 0.25) is 0 Å². The Morgan fingerprint density at radius 3 is 2.81 bits per heavy atom. The molecule has 1 aliphatic heterocycles. The Kier molecular flexibility index (Phi) is 5.89. The molecule has 3 aromatic rings. The first-order valence-corrected chi connectivity index (χ1v) is 10.2. The van der Waals surface area contributed by atoms with Crippen LogP contribution in [0.1, 0.15) is 24.1 Å². The second-order valence-electron chi connectivity index (χ2n) is 7.62. The fourth-order valence-corrected chi connectivity index (χ4v) is 3.75. The van der Waals surface area contributed by atoms with Crippen molar-refractivity contribution >= 4 is 17.6 Å². The van der Waals surface area contributed by atoms with Crippen molar-refractivity contribution in [1.29, 1.82) is 5.26 Å². The van der Waals surface area contributed by atoms with Gasteiger partial charge in [-0.3, -0.25) is 4.79 Å². The summed E-state index contributed by atoms with van der Waals surface area (Å²) in [6, 6.07) is 9.39. The van der Waals surface area contributed by atoms with Crippen molar-refractivity contribution in [3.05, 3.63) is 48.0 Å². The van der Waals surface area contributed by atoms with Gasteiger partial charge in [0.1, 0.15) is 11.9 Å². The number of hydrogen-bond donors (Lipinski definition) is 1. The standard InChI is InChI=1S/C22H24N6O3/c1-27(2)19-16(5-3-9-24-19)14-25-20(29)15-7-10-28(11-8-15)22-17(13-23)26-21(31-22)18-6-4-12-30-18/h3-6,9,12,15H,7-8,10-11,14H2,1-2H3,(H,25,29). The average molecular weight is 420 g/mol. The molecule has 9 heteroatoms. The second kappa shape index (κ2) is 8.92. The minimum Gasteiger partial charge on any atom is -0.459 e. The van der Waals surface area contributed by atoms with Crippen LogP contribution in [0.5, 0.6) is 0 Å². The molecule has 3 aromatic heterocycles. The van der Waals surface area contributed by atoms with E-state index in [9.17, 15) is 10.1 Å². The largest absolute Gasteiger partial charge is 0.459 e. The summed E-state index contributed by atoms with van der Waals surface area (Å²) in [6.45, 7) is 1.65. The summed E-state index contributed by atoms with van der Waals surface area (Å²) in [5.74, 6) is 1.98. The molecule has 0 saturated carbocycles. The number of carbonyl (C=O) groups excluding carboxylic acids is 1.